The van der Waals surface area contributed by atoms with Crippen LogP contribution in [0.15, 0.2) is 18.2 Å². The summed E-state index contributed by atoms with van der Waals surface area (Å²) in [5, 5.41) is 10.8. The molecule has 5 heteroatoms. The van der Waals surface area contributed by atoms with E-state index in [1.54, 1.807) is 14.2 Å². The van der Waals surface area contributed by atoms with Crippen molar-refractivity contribution in [2.45, 2.75) is 96.4 Å². The summed E-state index contributed by atoms with van der Waals surface area (Å²) in [7, 11) is 1.68. The highest BCUT2D eigenvalue weighted by molar-refractivity contribution is 6.74. The molecule has 0 saturated heterocycles. The van der Waals surface area contributed by atoms with E-state index in [0.29, 0.717) is 5.04 Å². The zero-order valence-corrected chi connectivity index (χ0v) is 20.8. The summed E-state index contributed by atoms with van der Waals surface area (Å²) < 4.78 is 16.8. The van der Waals surface area contributed by atoms with E-state index in [1.807, 2.05) is 18.2 Å². The van der Waals surface area contributed by atoms with Gasteiger partial charge in [0.15, 0.2) is 8.32 Å². The lowest BCUT2D eigenvalue weighted by molar-refractivity contribution is 0.162. The number of unbranched alkanes of at least 4 members (excludes halogenated alkanes) is 6. The van der Waals surface area contributed by atoms with Gasteiger partial charge in [0, 0.05) is 12.7 Å². The molecule has 1 N–H and O–H groups in total. The molecule has 0 aliphatic heterocycles. The minimum Gasteiger partial charge on any atom is -0.497 e. The number of hydrogen-bond acceptors (Lipinski definition) is 4. The molecule has 0 spiro atoms. The Morgan fingerprint density at radius 1 is 0.828 bits per heavy atom. The molecular formula is C24H44O4Si. The fourth-order valence-electron chi connectivity index (χ4n) is 3.06. The van der Waals surface area contributed by atoms with Crippen LogP contribution in [-0.2, 0) is 4.43 Å². The number of aliphatic hydroxyl groups excluding tert-OH is 1. The van der Waals surface area contributed by atoms with Crippen LogP contribution < -0.4 is 9.47 Å². The van der Waals surface area contributed by atoms with E-state index in [9.17, 15) is 5.11 Å². The van der Waals surface area contributed by atoms with Crippen LogP contribution in [-0.4, -0.2) is 34.3 Å². The van der Waals surface area contributed by atoms with Crippen LogP contribution in [0.4, 0.5) is 0 Å². The molecule has 1 aromatic rings. The lowest BCUT2D eigenvalue weighted by atomic mass is 10.0. The van der Waals surface area contributed by atoms with E-state index in [1.165, 1.54) is 38.5 Å². The molecule has 1 rings (SSSR count). The van der Waals surface area contributed by atoms with Crippen molar-refractivity contribution in [2.24, 2.45) is 0 Å². The molecule has 0 heterocycles. The number of aliphatic hydroxyl groups is 1. The Kier molecular flexibility index (Phi) is 11.3. The third kappa shape index (κ3) is 9.54. The summed E-state index contributed by atoms with van der Waals surface area (Å²) >= 11 is 0. The SMILES string of the molecule is COc1cc(OC)cc([C@H](O)CCCCCCCCCO[Si](C)(C)C(C)(C)C)c1. The van der Waals surface area contributed by atoms with Gasteiger partial charge in [0.05, 0.1) is 20.3 Å². The van der Waals surface area contributed by atoms with E-state index in [4.69, 9.17) is 13.9 Å². The molecule has 4 nitrogen and oxygen atoms in total. The van der Waals surface area contributed by atoms with Crippen molar-refractivity contribution in [3.8, 4) is 11.5 Å². The minimum absolute atomic E-state index is 0.299. The molecule has 0 aromatic heterocycles. The maximum absolute atomic E-state index is 10.5. The zero-order valence-electron chi connectivity index (χ0n) is 19.8. The first kappa shape index (κ1) is 26.0. The fraction of sp³-hybridized carbons (Fsp3) is 0.750. The predicted octanol–water partition coefficient (Wildman–Crippen LogP) is 6.88. The molecule has 1 aromatic carbocycles. The number of methoxy groups -OCH3 is 2. The second-order valence-electron chi connectivity index (χ2n) is 9.53. The van der Waals surface area contributed by atoms with Crippen molar-refractivity contribution in [1.82, 2.24) is 0 Å². The first-order valence-electron chi connectivity index (χ1n) is 11.2. The van der Waals surface area contributed by atoms with Gasteiger partial charge in [-0.25, -0.2) is 0 Å². The van der Waals surface area contributed by atoms with Crippen LogP contribution in [0.2, 0.25) is 18.1 Å². The molecule has 29 heavy (non-hydrogen) atoms. The monoisotopic (exact) mass is 424 g/mol. The van der Waals surface area contributed by atoms with Gasteiger partial charge in [-0.15, -0.1) is 0 Å². The lowest BCUT2D eigenvalue weighted by Crippen LogP contribution is -2.40. The standard InChI is InChI=1S/C24H44O4Si/c1-24(2,3)29(6,7)28-16-14-12-10-8-9-11-13-15-23(25)20-17-21(26-4)19-22(18-20)27-5/h17-19,23,25H,8-16H2,1-7H3/t23-/m1/s1. The van der Waals surface area contributed by atoms with Crippen molar-refractivity contribution in [1.29, 1.82) is 0 Å². The van der Waals surface area contributed by atoms with E-state index < -0.39 is 14.4 Å². The van der Waals surface area contributed by atoms with Crippen molar-refractivity contribution in [3.63, 3.8) is 0 Å². The van der Waals surface area contributed by atoms with Crippen molar-refractivity contribution in [3.05, 3.63) is 23.8 Å². The summed E-state index contributed by atoms with van der Waals surface area (Å²) in [5.41, 5.74) is 0.864. The highest BCUT2D eigenvalue weighted by Crippen LogP contribution is 2.36. The Morgan fingerprint density at radius 3 is 1.79 bits per heavy atom. The number of hydrogen-bond donors (Lipinski definition) is 1. The van der Waals surface area contributed by atoms with Crippen LogP contribution in [0.5, 0.6) is 11.5 Å². The molecule has 1 atom stereocenters. The van der Waals surface area contributed by atoms with Gasteiger partial charge in [0.2, 0.25) is 0 Å². The van der Waals surface area contributed by atoms with Gasteiger partial charge in [0.25, 0.3) is 0 Å². The summed E-state index contributed by atoms with van der Waals surface area (Å²) in [6, 6.07) is 5.60. The van der Waals surface area contributed by atoms with Gasteiger partial charge < -0.3 is 19.0 Å². The van der Waals surface area contributed by atoms with Crippen LogP contribution in [0.3, 0.4) is 0 Å². The van der Waals surface area contributed by atoms with Crippen molar-refractivity contribution >= 4 is 8.32 Å². The Labute approximate surface area is 180 Å². The Hall–Kier alpha value is -1.04. The fourth-order valence-corrected chi connectivity index (χ4v) is 4.14. The lowest BCUT2D eigenvalue weighted by Gasteiger charge is -2.36. The molecule has 168 valence electrons. The predicted molar refractivity (Wildman–Crippen MR) is 125 cm³/mol. The molecule has 0 aliphatic rings. The normalized spacial score (nSPS) is 13.4. The van der Waals surface area contributed by atoms with E-state index in [2.05, 4.69) is 33.9 Å². The van der Waals surface area contributed by atoms with Crippen LogP contribution in [0.1, 0.15) is 83.8 Å². The van der Waals surface area contributed by atoms with Crippen molar-refractivity contribution in [2.75, 3.05) is 20.8 Å². The van der Waals surface area contributed by atoms with E-state index in [0.717, 1.165) is 36.5 Å². The summed E-state index contributed by atoms with van der Waals surface area (Å²) in [4.78, 5) is 0. The molecule has 0 bridgehead atoms. The Balaban J connectivity index is 2.13. The zero-order chi connectivity index (χ0) is 21.9. The molecule has 0 unspecified atom stereocenters. The van der Waals surface area contributed by atoms with Gasteiger partial charge in [-0.05, 0) is 48.7 Å². The van der Waals surface area contributed by atoms with Gasteiger partial charge in [-0.3, -0.25) is 0 Å². The second kappa shape index (κ2) is 12.6. The third-order valence-electron chi connectivity index (χ3n) is 6.15. The second-order valence-corrected chi connectivity index (χ2v) is 14.3. The smallest absolute Gasteiger partial charge is 0.191 e. The van der Waals surface area contributed by atoms with Gasteiger partial charge >= 0.3 is 0 Å². The average Bonchev–Trinajstić information content (AvgIpc) is 2.67. The molecular weight excluding hydrogens is 380 g/mol. The Bertz CT molecular complexity index is 558. The highest BCUT2D eigenvalue weighted by atomic mass is 28.4. The first-order chi connectivity index (χ1) is 13.6. The van der Waals surface area contributed by atoms with Gasteiger partial charge in [-0.1, -0.05) is 59.3 Å². The summed E-state index contributed by atoms with van der Waals surface area (Å²) in [5.74, 6) is 1.44. The average molecular weight is 425 g/mol. The minimum atomic E-state index is -1.58. The van der Waals surface area contributed by atoms with Gasteiger partial charge in [-0.2, -0.15) is 0 Å². The molecule has 0 saturated carbocycles. The van der Waals surface area contributed by atoms with E-state index in [-0.39, 0.29) is 0 Å². The molecule has 0 aliphatic carbocycles. The van der Waals surface area contributed by atoms with Gasteiger partial charge in [0.1, 0.15) is 11.5 Å². The number of rotatable bonds is 14. The maximum Gasteiger partial charge on any atom is 0.191 e. The van der Waals surface area contributed by atoms with Crippen molar-refractivity contribution < 1.29 is 19.0 Å². The summed E-state index contributed by atoms with van der Waals surface area (Å²) in [6.07, 6.45) is 8.71. The number of benzene rings is 1. The van der Waals surface area contributed by atoms with Crippen LogP contribution in [0, 0.1) is 0 Å². The van der Waals surface area contributed by atoms with E-state index >= 15 is 0 Å². The van der Waals surface area contributed by atoms with Crippen LogP contribution >= 0.6 is 0 Å². The first-order valence-corrected chi connectivity index (χ1v) is 14.1. The summed E-state index contributed by atoms with van der Waals surface area (Å²) in [6.45, 7) is 12.4. The molecule has 0 radical (unpaired) electrons. The quantitative estimate of drug-likeness (QED) is 0.261. The number of ether oxygens (including phenoxy) is 2. The third-order valence-corrected chi connectivity index (χ3v) is 10.7. The van der Waals surface area contributed by atoms with Crippen LogP contribution in [0.25, 0.3) is 0 Å². The molecule has 0 amide bonds. The maximum atomic E-state index is 10.5. The topological polar surface area (TPSA) is 47.9 Å². The highest BCUT2D eigenvalue weighted by Gasteiger charge is 2.36. The Morgan fingerprint density at radius 2 is 1.31 bits per heavy atom. The largest absolute Gasteiger partial charge is 0.497 e. The molecule has 0 fully saturated rings.